The third-order valence-corrected chi connectivity index (χ3v) is 2.20. The number of aliphatic hydroxyl groups excluding tert-OH is 1. The summed E-state index contributed by atoms with van der Waals surface area (Å²) in [6.45, 7) is 0.745. The van der Waals surface area contributed by atoms with E-state index in [1.165, 1.54) is 31.2 Å². The number of phenolic OH excluding ortho intramolecular Hbond substituents is 1. The molecule has 6 nitrogen and oxygen atoms in total. The van der Waals surface area contributed by atoms with Gasteiger partial charge in [0.2, 0.25) is 0 Å². The summed E-state index contributed by atoms with van der Waals surface area (Å²) in [7, 11) is 0. The SMILES string of the molecule is CC(=O)OC[C@H](O)COC(=O)C=Cc1ccc(O)cc1. The predicted octanol–water partition coefficient (Wildman–Crippen LogP) is 0.873. The highest BCUT2D eigenvalue weighted by Crippen LogP contribution is 2.10. The average Bonchev–Trinajstić information content (AvgIpc) is 2.42. The summed E-state index contributed by atoms with van der Waals surface area (Å²) in [5.74, 6) is -0.999. The summed E-state index contributed by atoms with van der Waals surface area (Å²) < 4.78 is 9.32. The van der Waals surface area contributed by atoms with Crippen LogP contribution in [0.25, 0.3) is 6.08 Å². The largest absolute Gasteiger partial charge is 0.508 e. The van der Waals surface area contributed by atoms with Gasteiger partial charge >= 0.3 is 11.9 Å². The topological polar surface area (TPSA) is 93.1 Å². The number of rotatable bonds is 6. The highest BCUT2D eigenvalue weighted by atomic mass is 16.6. The van der Waals surface area contributed by atoms with Crippen molar-refractivity contribution in [2.45, 2.75) is 13.0 Å². The lowest BCUT2D eigenvalue weighted by Gasteiger charge is -2.09. The van der Waals surface area contributed by atoms with E-state index < -0.39 is 18.0 Å². The fourth-order valence-electron chi connectivity index (χ4n) is 1.24. The minimum Gasteiger partial charge on any atom is -0.508 e. The number of benzene rings is 1. The van der Waals surface area contributed by atoms with Crippen LogP contribution in [0.1, 0.15) is 12.5 Å². The highest BCUT2D eigenvalue weighted by Gasteiger charge is 2.08. The van der Waals surface area contributed by atoms with Crippen LogP contribution in [0.2, 0.25) is 0 Å². The van der Waals surface area contributed by atoms with Gasteiger partial charge in [0.05, 0.1) is 0 Å². The zero-order valence-corrected chi connectivity index (χ0v) is 11.0. The molecule has 0 aliphatic carbocycles. The molecular weight excluding hydrogens is 264 g/mol. The van der Waals surface area contributed by atoms with Gasteiger partial charge in [-0.3, -0.25) is 4.79 Å². The molecule has 0 saturated heterocycles. The second kappa shape index (κ2) is 7.96. The number of esters is 2. The van der Waals surface area contributed by atoms with Crippen LogP contribution in [0.4, 0.5) is 0 Å². The molecule has 6 heteroatoms. The van der Waals surface area contributed by atoms with Crippen LogP contribution in [-0.4, -0.2) is 41.5 Å². The highest BCUT2D eigenvalue weighted by molar-refractivity contribution is 5.87. The fraction of sp³-hybridized carbons (Fsp3) is 0.286. The molecule has 1 atom stereocenters. The Kier molecular flexibility index (Phi) is 6.25. The summed E-state index contributed by atoms with van der Waals surface area (Å²) in [5, 5.41) is 18.4. The molecule has 0 unspecified atom stereocenters. The van der Waals surface area contributed by atoms with Crippen molar-refractivity contribution in [3.8, 4) is 5.75 Å². The molecule has 0 heterocycles. The lowest BCUT2D eigenvalue weighted by Crippen LogP contribution is -2.24. The molecule has 1 rings (SSSR count). The number of aromatic hydroxyl groups is 1. The maximum atomic E-state index is 11.3. The van der Waals surface area contributed by atoms with Crippen LogP contribution >= 0.6 is 0 Å². The van der Waals surface area contributed by atoms with Gasteiger partial charge in [0.25, 0.3) is 0 Å². The van der Waals surface area contributed by atoms with E-state index in [0.717, 1.165) is 5.56 Å². The Bertz CT molecular complexity index is 477. The molecule has 108 valence electrons. The molecule has 2 N–H and O–H groups in total. The Labute approximate surface area is 116 Å². The molecule has 0 aliphatic heterocycles. The Balaban J connectivity index is 2.32. The maximum absolute atomic E-state index is 11.3. The first kappa shape index (κ1) is 15.7. The van der Waals surface area contributed by atoms with E-state index in [0.29, 0.717) is 0 Å². The van der Waals surface area contributed by atoms with E-state index in [-0.39, 0.29) is 19.0 Å². The molecule has 0 radical (unpaired) electrons. The smallest absolute Gasteiger partial charge is 0.330 e. The van der Waals surface area contributed by atoms with Crippen molar-refractivity contribution in [3.05, 3.63) is 35.9 Å². The van der Waals surface area contributed by atoms with Gasteiger partial charge < -0.3 is 19.7 Å². The summed E-state index contributed by atoms with van der Waals surface area (Å²) >= 11 is 0. The maximum Gasteiger partial charge on any atom is 0.330 e. The van der Waals surface area contributed by atoms with E-state index >= 15 is 0 Å². The van der Waals surface area contributed by atoms with E-state index in [4.69, 9.17) is 9.84 Å². The molecule has 0 amide bonds. The number of phenols is 1. The van der Waals surface area contributed by atoms with Gasteiger partial charge in [0.15, 0.2) is 0 Å². The third-order valence-electron chi connectivity index (χ3n) is 2.20. The Morgan fingerprint density at radius 2 is 1.80 bits per heavy atom. The standard InChI is InChI=1S/C14H16O6/c1-10(15)19-8-13(17)9-20-14(18)7-4-11-2-5-12(16)6-3-11/h2-7,13,16-17H,8-9H2,1H3/t13-/m0/s1. The van der Waals surface area contributed by atoms with E-state index in [1.807, 2.05) is 0 Å². The summed E-state index contributed by atoms with van der Waals surface area (Å²) in [6.07, 6.45) is 1.66. The first-order valence-electron chi connectivity index (χ1n) is 5.92. The monoisotopic (exact) mass is 280 g/mol. The number of hydrogen-bond acceptors (Lipinski definition) is 6. The summed E-state index contributed by atoms with van der Waals surface area (Å²) in [5.41, 5.74) is 0.722. The number of carbonyl (C=O) groups is 2. The second-order valence-electron chi connectivity index (χ2n) is 4.01. The predicted molar refractivity (Wildman–Crippen MR) is 70.7 cm³/mol. The number of aliphatic hydroxyl groups is 1. The Morgan fingerprint density at radius 3 is 2.40 bits per heavy atom. The molecular formula is C14H16O6. The lowest BCUT2D eigenvalue weighted by atomic mass is 10.2. The minimum absolute atomic E-state index is 0.137. The summed E-state index contributed by atoms with van der Waals surface area (Å²) in [6, 6.07) is 6.25. The molecule has 0 fully saturated rings. The molecule has 1 aromatic carbocycles. The van der Waals surface area contributed by atoms with Crippen LogP contribution in [-0.2, 0) is 19.1 Å². The molecule has 0 saturated carbocycles. The van der Waals surface area contributed by atoms with Gasteiger partial charge in [0.1, 0.15) is 25.1 Å². The van der Waals surface area contributed by atoms with Crippen molar-refractivity contribution in [2.75, 3.05) is 13.2 Å². The van der Waals surface area contributed by atoms with E-state index in [9.17, 15) is 14.7 Å². The third kappa shape index (κ3) is 6.55. The minimum atomic E-state index is -1.05. The quantitative estimate of drug-likeness (QED) is 0.593. The second-order valence-corrected chi connectivity index (χ2v) is 4.01. The first-order valence-corrected chi connectivity index (χ1v) is 5.92. The van der Waals surface area contributed by atoms with Crippen LogP contribution in [0.5, 0.6) is 5.75 Å². The Morgan fingerprint density at radius 1 is 1.20 bits per heavy atom. The van der Waals surface area contributed by atoms with E-state index in [1.54, 1.807) is 12.1 Å². The lowest BCUT2D eigenvalue weighted by molar-refractivity contribution is -0.148. The van der Waals surface area contributed by atoms with Crippen LogP contribution in [0, 0.1) is 0 Å². The van der Waals surface area contributed by atoms with Crippen molar-refractivity contribution in [2.24, 2.45) is 0 Å². The van der Waals surface area contributed by atoms with Crippen molar-refractivity contribution in [1.82, 2.24) is 0 Å². The van der Waals surface area contributed by atoms with Gasteiger partial charge in [0, 0.05) is 13.0 Å². The van der Waals surface area contributed by atoms with Crippen molar-refractivity contribution >= 4 is 18.0 Å². The van der Waals surface area contributed by atoms with Crippen LogP contribution < -0.4 is 0 Å². The van der Waals surface area contributed by atoms with Gasteiger partial charge in [-0.05, 0) is 23.8 Å². The van der Waals surface area contributed by atoms with Crippen LogP contribution in [0.3, 0.4) is 0 Å². The van der Waals surface area contributed by atoms with Gasteiger partial charge in [-0.1, -0.05) is 12.1 Å². The number of hydrogen-bond donors (Lipinski definition) is 2. The zero-order chi connectivity index (χ0) is 15.0. The van der Waals surface area contributed by atoms with Crippen molar-refractivity contribution < 1.29 is 29.3 Å². The van der Waals surface area contributed by atoms with Gasteiger partial charge in [-0.2, -0.15) is 0 Å². The average molecular weight is 280 g/mol. The molecule has 0 spiro atoms. The summed E-state index contributed by atoms with van der Waals surface area (Å²) in [4.78, 5) is 21.8. The zero-order valence-electron chi connectivity index (χ0n) is 11.0. The number of ether oxygens (including phenoxy) is 2. The van der Waals surface area contributed by atoms with Gasteiger partial charge in [-0.25, -0.2) is 4.79 Å². The molecule has 1 aromatic rings. The first-order chi connectivity index (χ1) is 9.47. The normalized spacial score (nSPS) is 12.1. The van der Waals surface area contributed by atoms with Crippen molar-refractivity contribution in [1.29, 1.82) is 0 Å². The number of carbonyl (C=O) groups excluding carboxylic acids is 2. The Hall–Kier alpha value is -2.34. The van der Waals surface area contributed by atoms with Crippen LogP contribution in [0.15, 0.2) is 30.3 Å². The molecule has 0 aliphatic rings. The molecule has 20 heavy (non-hydrogen) atoms. The molecule has 0 aromatic heterocycles. The van der Waals surface area contributed by atoms with E-state index in [2.05, 4.69) is 4.74 Å². The fourth-order valence-corrected chi connectivity index (χ4v) is 1.24. The molecule has 0 bridgehead atoms. The van der Waals surface area contributed by atoms with Gasteiger partial charge in [-0.15, -0.1) is 0 Å². The van der Waals surface area contributed by atoms with Crippen molar-refractivity contribution in [3.63, 3.8) is 0 Å².